The fourth-order valence-corrected chi connectivity index (χ4v) is 6.85. The largest absolute Gasteiger partial charge is 0.444 e. The number of alkyl carbamates (subject to hydrolysis) is 1. The molecule has 3 fully saturated rings. The fourth-order valence-electron chi connectivity index (χ4n) is 5.48. The molecule has 0 radical (unpaired) electrons. The molecule has 4 amide bonds. The molecule has 0 spiro atoms. The second kappa shape index (κ2) is 11.7. The first kappa shape index (κ1) is 31.0. The number of allylic oxidation sites excluding steroid dienone is 2. The van der Waals surface area contributed by atoms with Crippen molar-refractivity contribution in [3.05, 3.63) is 11.6 Å². The van der Waals surface area contributed by atoms with Gasteiger partial charge in [0.15, 0.2) is 5.78 Å². The molecule has 0 aromatic rings. The highest BCUT2D eigenvalue weighted by Crippen LogP contribution is 2.46. The van der Waals surface area contributed by atoms with Gasteiger partial charge >= 0.3 is 6.09 Å². The van der Waals surface area contributed by atoms with Crippen molar-refractivity contribution < 1.29 is 37.1 Å². The summed E-state index contributed by atoms with van der Waals surface area (Å²) in [5.74, 6) is -2.10. The minimum atomic E-state index is -3.79. The van der Waals surface area contributed by atoms with E-state index in [-0.39, 0.29) is 31.1 Å². The number of Topliss-reactive ketones (excluding diaryl/α,β-unsaturated/α-hetero) is 1. The van der Waals surface area contributed by atoms with Gasteiger partial charge in [0.2, 0.25) is 21.8 Å². The number of hydrogen-bond acceptors (Lipinski definition) is 8. The number of nitrogens with one attached hydrogen (secondary N) is 3. The number of hydrogen-bond donors (Lipinski definition) is 3. The van der Waals surface area contributed by atoms with Crippen LogP contribution in [0.4, 0.5) is 4.79 Å². The van der Waals surface area contributed by atoms with Gasteiger partial charge in [-0.2, -0.15) is 0 Å². The molecule has 0 unspecified atom stereocenters. The normalized spacial score (nSPS) is 26.2. The van der Waals surface area contributed by atoms with E-state index >= 15 is 0 Å². The van der Waals surface area contributed by atoms with E-state index in [0.29, 0.717) is 50.5 Å². The maximum atomic E-state index is 13.7. The van der Waals surface area contributed by atoms with Crippen molar-refractivity contribution in [2.45, 2.75) is 120 Å². The van der Waals surface area contributed by atoms with Crippen LogP contribution < -0.4 is 15.4 Å². The Labute approximate surface area is 241 Å². The Kier molecular flexibility index (Phi) is 8.87. The van der Waals surface area contributed by atoms with Crippen molar-refractivity contribution in [3.63, 3.8) is 0 Å². The van der Waals surface area contributed by atoms with Crippen LogP contribution in [0.2, 0.25) is 0 Å². The first-order valence-corrected chi connectivity index (χ1v) is 16.1. The monoisotopic (exact) mass is 594 g/mol. The number of amides is 4. The van der Waals surface area contributed by atoms with Crippen molar-refractivity contribution in [1.82, 2.24) is 20.3 Å². The van der Waals surface area contributed by atoms with Crippen molar-refractivity contribution in [1.29, 1.82) is 0 Å². The number of rotatable bonds is 12. The lowest BCUT2D eigenvalue weighted by atomic mass is 9.92. The SMILES string of the molecule is CC[C@@H]1C[C@]1(NC(=O)[C@@H]1CCCN1C(=O)[C@H](CCC(=O)C1=CCC1)NC(=O)OC(C)(C)C)C(=O)NS(=O)(=O)C1CC1. The maximum Gasteiger partial charge on any atom is 0.408 e. The summed E-state index contributed by atoms with van der Waals surface area (Å²) in [6.45, 7) is 7.20. The topological polar surface area (TPSA) is 168 Å². The highest BCUT2D eigenvalue weighted by molar-refractivity contribution is 7.91. The van der Waals surface area contributed by atoms with Crippen molar-refractivity contribution >= 4 is 39.6 Å². The third-order valence-corrected chi connectivity index (χ3v) is 10.0. The van der Waals surface area contributed by atoms with E-state index in [9.17, 15) is 32.4 Å². The molecular weight excluding hydrogens is 552 g/mol. The van der Waals surface area contributed by atoms with Gasteiger partial charge in [-0.25, -0.2) is 13.2 Å². The summed E-state index contributed by atoms with van der Waals surface area (Å²) in [6, 6.07) is -1.99. The molecule has 0 aromatic carbocycles. The molecule has 1 aliphatic heterocycles. The Morgan fingerprint density at radius 3 is 2.37 bits per heavy atom. The summed E-state index contributed by atoms with van der Waals surface area (Å²) in [5.41, 5.74) is -1.43. The van der Waals surface area contributed by atoms with E-state index in [1.54, 1.807) is 20.8 Å². The Bertz CT molecular complexity index is 1240. The van der Waals surface area contributed by atoms with Gasteiger partial charge < -0.3 is 20.3 Å². The standard InChI is InChI=1S/C28H42N4O8S/c1-5-18-16-28(18,25(36)31-41(38,39)19-11-12-19)30-23(34)21-10-7-15-32(21)24(35)20(29-26(37)40-27(2,3)4)13-14-22(33)17-8-6-9-17/h8,18-21H,5-7,9-16H2,1-4H3,(H,29,37)(H,30,34)(H,31,36)/t18-,20+,21+,28-/m1/s1. The van der Waals surface area contributed by atoms with Crippen LogP contribution >= 0.6 is 0 Å². The third kappa shape index (κ3) is 7.28. The van der Waals surface area contributed by atoms with E-state index in [0.717, 1.165) is 6.42 Å². The van der Waals surface area contributed by atoms with Gasteiger partial charge in [0, 0.05) is 13.0 Å². The fraction of sp³-hybridized carbons (Fsp3) is 0.750. The first-order valence-electron chi connectivity index (χ1n) is 14.6. The molecule has 4 rings (SSSR count). The first-order chi connectivity index (χ1) is 19.2. The summed E-state index contributed by atoms with van der Waals surface area (Å²) in [6.07, 6.45) is 5.43. The maximum absolute atomic E-state index is 13.7. The molecule has 0 aromatic heterocycles. The van der Waals surface area contributed by atoms with Crippen LogP contribution in [-0.2, 0) is 33.9 Å². The Morgan fingerprint density at radius 2 is 1.83 bits per heavy atom. The molecule has 228 valence electrons. The van der Waals surface area contributed by atoms with Gasteiger partial charge in [-0.3, -0.25) is 23.9 Å². The Hall–Kier alpha value is -2.96. The Balaban J connectivity index is 1.46. The zero-order chi connectivity index (χ0) is 30.2. The molecule has 0 bridgehead atoms. The van der Waals surface area contributed by atoms with E-state index in [1.807, 2.05) is 13.0 Å². The number of likely N-dealkylation sites (tertiary alicyclic amines) is 1. The summed E-state index contributed by atoms with van der Waals surface area (Å²) < 4.78 is 32.3. The quantitative estimate of drug-likeness (QED) is 0.308. The Morgan fingerprint density at radius 1 is 1.15 bits per heavy atom. The number of ether oxygens (including phenoxy) is 1. The number of ketones is 1. The minimum Gasteiger partial charge on any atom is -0.444 e. The lowest BCUT2D eigenvalue weighted by Crippen LogP contribution is -2.58. The third-order valence-electron chi connectivity index (χ3n) is 8.20. The molecule has 4 aliphatic rings. The number of carbonyl (C=O) groups is 5. The summed E-state index contributed by atoms with van der Waals surface area (Å²) in [7, 11) is -3.79. The molecule has 12 nitrogen and oxygen atoms in total. The lowest BCUT2D eigenvalue weighted by Gasteiger charge is -2.30. The molecule has 1 saturated heterocycles. The molecule has 41 heavy (non-hydrogen) atoms. The van der Waals surface area contributed by atoms with E-state index in [4.69, 9.17) is 4.74 Å². The van der Waals surface area contributed by atoms with Gasteiger partial charge in [-0.1, -0.05) is 19.4 Å². The molecule has 2 saturated carbocycles. The highest BCUT2D eigenvalue weighted by atomic mass is 32.2. The van der Waals surface area contributed by atoms with Gasteiger partial charge in [0.1, 0.15) is 23.2 Å². The second-order valence-electron chi connectivity index (χ2n) is 12.6. The van der Waals surface area contributed by atoms with Crippen LogP contribution in [0.1, 0.15) is 91.9 Å². The molecule has 3 N–H and O–H groups in total. The molecular formula is C28H42N4O8S. The van der Waals surface area contributed by atoms with Crippen molar-refractivity contribution in [2.75, 3.05) is 6.54 Å². The van der Waals surface area contributed by atoms with E-state index in [2.05, 4.69) is 15.4 Å². The number of nitrogens with zero attached hydrogens (tertiary/aromatic N) is 1. The van der Waals surface area contributed by atoms with E-state index < -0.39 is 62.3 Å². The second-order valence-corrected chi connectivity index (χ2v) is 14.5. The lowest BCUT2D eigenvalue weighted by molar-refractivity contribution is -0.141. The minimum absolute atomic E-state index is 0.0440. The summed E-state index contributed by atoms with van der Waals surface area (Å²) >= 11 is 0. The molecule has 3 aliphatic carbocycles. The predicted molar refractivity (Wildman–Crippen MR) is 149 cm³/mol. The summed E-state index contributed by atoms with van der Waals surface area (Å²) in [4.78, 5) is 66.8. The number of sulfonamides is 1. The molecule has 13 heteroatoms. The predicted octanol–water partition coefficient (Wildman–Crippen LogP) is 1.83. The molecule has 1 heterocycles. The van der Waals surface area contributed by atoms with Crippen LogP contribution in [0.5, 0.6) is 0 Å². The van der Waals surface area contributed by atoms with E-state index in [1.165, 1.54) is 4.90 Å². The van der Waals surface area contributed by atoms with Gasteiger partial charge in [0.05, 0.1) is 5.25 Å². The summed E-state index contributed by atoms with van der Waals surface area (Å²) in [5, 5.41) is 4.80. The van der Waals surface area contributed by atoms with Crippen LogP contribution in [0.3, 0.4) is 0 Å². The zero-order valence-corrected chi connectivity index (χ0v) is 25.1. The van der Waals surface area contributed by atoms with Crippen LogP contribution in [0.25, 0.3) is 0 Å². The van der Waals surface area contributed by atoms with Crippen LogP contribution in [0, 0.1) is 5.92 Å². The van der Waals surface area contributed by atoms with Crippen molar-refractivity contribution in [3.8, 4) is 0 Å². The van der Waals surface area contributed by atoms with Gasteiger partial charge in [0.25, 0.3) is 5.91 Å². The van der Waals surface area contributed by atoms with Gasteiger partial charge in [-0.05, 0) is 83.6 Å². The average molecular weight is 595 g/mol. The van der Waals surface area contributed by atoms with Crippen LogP contribution in [-0.4, -0.2) is 77.9 Å². The smallest absolute Gasteiger partial charge is 0.408 e. The number of carbonyl (C=O) groups excluding carboxylic acids is 5. The average Bonchev–Trinajstić information content (AvgIpc) is 3.75. The van der Waals surface area contributed by atoms with Crippen LogP contribution in [0.15, 0.2) is 11.6 Å². The highest BCUT2D eigenvalue weighted by Gasteiger charge is 2.62. The van der Waals surface area contributed by atoms with Gasteiger partial charge in [-0.15, -0.1) is 0 Å². The zero-order valence-electron chi connectivity index (χ0n) is 24.3. The van der Waals surface area contributed by atoms with Crippen molar-refractivity contribution in [2.24, 2.45) is 5.92 Å². The molecule has 4 atom stereocenters.